The van der Waals surface area contributed by atoms with Crippen LogP contribution in [0.3, 0.4) is 0 Å². The summed E-state index contributed by atoms with van der Waals surface area (Å²) in [5, 5.41) is 3.17. The summed E-state index contributed by atoms with van der Waals surface area (Å²) in [6.45, 7) is 1.71. The Morgan fingerprint density at radius 3 is 2.72 bits per heavy atom. The van der Waals surface area contributed by atoms with Crippen LogP contribution in [0.2, 0.25) is 0 Å². The van der Waals surface area contributed by atoms with Gasteiger partial charge in [0.25, 0.3) is 0 Å². The summed E-state index contributed by atoms with van der Waals surface area (Å²) >= 11 is 3.17. The number of morpholine rings is 1. The Morgan fingerprint density at radius 1 is 1.33 bits per heavy atom. The maximum atomic E-state index is 12.2. The average Bonchev–Trinajstić information content (AvgIpc) is 2.27. The van der Waals surface area contributed by atoms with E-state index in [1.54, 1.807) is 6.07 Å². The van der Waals surface area contributed by atoms with Crippen LogP contribution in [0.1, 0.15) is 11.6 Å². The van der Waals surface area contributed by atoms with Crippen molar-refractivity contribution in [2.45, 2.75) is 12.4 Å². The quantitative estimate of drug-likeness (QED) is 0.906. The predicted molar refractivity (Wildman–Crippen MR) is 62.4 cm³/mol. The van der Waals surface area contributed by atoms with E-state index in [2.05, 4.69) is 26.0 Å². The van der Waals surface area contributed by atoms with Gasteiger partial charge in [-0.3, -0.25) is 0 Å². The standard InChI is InChI=1S/C11H11BrF3NO2/c12-8-3-7(10-6-17-2-1-16-10)4-9(5-8)18-11(13,14)15/h3-5,10,16H,1-2,6H2/t10-/m0/s1. The van der Waals surface area contributed by atoms with E-state index in [9.17, 15) is 13.2 Å². The summed E-state index contributed by atoms with van der Waals surface area (Å²) in [6, 6.07) is 4.27. The van der Waals surface area contributed by atoms with Crippen LogP contribution in [0.25, 0.3) is 0 Å². The molecule has 0 amide bonds. The highest BCUT2D eigenvalue weighted by molar-refractivity contribution is 9.10. The van der Waals surface area contributed by atoms with Crippen LogP contribution in [-0.2, 0) is 4.74 Å². The largest absolute Gasteiger partial charge is 0.573 e. The lowest BCUT2D eigenvalue weighted by atomic mass is 10.1. The monoisotopic (exact) mass is 325 g/mol. The van der Waals surface area contributed by atoms with Crippen LogP contribution in [0.15, 0.2) is 22.7 Å². The lowest BCUT2D eigenvalue weighted by Crippen LogP contribution is -2.34. The van der Waals surface area contributed by atoms with Gasteiger partial charge >= 0.3 is 6.36 Å². The molecule has 0 aromatic heterocycles. The van der Waals surface area contributed by atoms with Crippen molar-refractivity contribution >= 4 is 15.9 Å². The second-order valence-corrected chi connectivity index (χ2v) is 4.77. The Kier molecular flexibility index (Phi) is 4.14. The highest BCUT2D eigenvalue weighted by Crippen LogP contribution is 2.30. The zero-order valence-corrected chi connectivity index (χ0v) is 10.8. The molecule has 0 radical (unpaired) electrons. The van der Waals surface area contributed by atoms with Crippen molar-refractivity contribution < 1.29 is 22.6 Å². The van der Waals surface area contributed by atoms with Gasteiger partial charge in [-0.1, -0.05) is 15.9 Å². The van der Waals surface area contributed by atoms with E-state index in [1.807, 2.05) is 0 Å². The third-order valence-corrected chi connectivity index (χ3v) is 2.91. The summed E-state index contributed by atoms with van der Waals surface area (Å²) in [7, 11) is 0. The lowest BCUT2D eigenvalue weighted by molar-refractivity contribution is -0.274. The van der Waals surface area contributed by atoms with Crippen molar-refractivity contribution in [2.75, 3.05) is 19.8 Å². The van der Waals surface area contributed by atoms with Crippen molar-refractivity contribution in [1.29, 1.82) is 0 Å². The molecule has 100 valence electrons. The van der Waals surface area contributed by atoms with Crippen molar-refractivity contribution in [3.63, 3.8) is 0 Å². The molecule has 1 heterocycles. The molecule has 0 unspecified atom stereocenters. The molecule has 1 atom stereocenters. The molecule has 0 bridgehead atoms. The molecule has 1 aliphatic rings. The van der Waals surface area contributed by atoms with Gasteiger partial charge in [0.05, 0.1) is 19.3 Å². The average molecular weight is 326 g/mol. The molecule has 18 heavy (non-hydrogen) atoms. The normalized spacial score (nSPS) is 20.8. The van der Waals surface area contributed by atoms with Crippen molar-refractivity contribution in [2.24, 2.45) is 0 Å². The highest BCUT2D eigenvalue weighted by Gasteiger charge is 2.31. The Balaban J connectivity index is 2.20. The molecule has 7 heteroatoms. The number of alkyl halides is 3. The Bertz CT molecular complexity index is 419. The number of benzene rings is 1. The van der Waals surface area contributed by atoms with Gasteiger partial charge in [0.15, 0.2) is 0 Å². The minimum atomic E-state index is -4.69. The summed E-state index contributed by atoms with van der Waals surface area (Å²) in [5.41, 5.74) is 0.698. The van der Waals surface area contributed by atoms with E-state index in [-0.39, 0.29) is 11.8 Å². The number of nitrogens with one attached hydrogen (secondary N) is 1. The summed E-state index contributed by atoms with van der Waals surface area (Å²) < 4.78 is 46.2. The van der Waals surface area contributed by atoms with E-state index in [4.69, 9.17) is 4.74 Å². The van der Waals surface area contributed by atoms with Crippen LogP contribution in [0.5, 0.6) is 5.75 Å². The first kappa shape index (κ1) is 13.6. The SMILES string of the molecule is FC(F)(F)Oc1cc(Br)cc([C@@H]2COCCN2)c1. The number of hydrogen-bond acceptors (Lipinski definition) is 3. The molecule has 0 saturated carbocycles. The second kappa shape index (κ2) is 5.46. The van der Waals surface area contributed by atoms with E-state index in [0.717, 1.165) is 0 Å². The van der Waals surface area contributed by atoms with Crippen LogP contribution < -0.4 is 10.1 Å². The van der Waals surface area contributed by atoms with E-state index in [1.165, 1.54) is 12.1 Å². The van der Waals surface area contributed by atoms with Crippen molar-refractivity contribution in [1.82, 2.24) is 5.32 Å². The molecule has 1 fully saturated rings. The fourth-order valence-corrected chi connectivity index (χ4v) is 2.25. The minimum absolute atomic E-state index is 0.119. The zero-order valence-electron chi connectivity index (χ0n) is 9.26. The summed E-state index contributed by atoms with van der Waals surface area (Å²) in [5.74, 6) is -0.237. The Labute approximate surface area is 110 Å². The number of rotatable bonds is 2. The molecule has 1 N–H and O–H groups in total. The maximum Gasteiger partial charge on any atom is 0.573 e. The smallest absolute Gasteiger partial charge is 0.406 e. The molecule has 1 aromatic rings. The molecular formula is C11H11BrF3NO2. The number of ether oxygens (including phenoxy) is 2. The highest BCUT2D eigenvalue weighted by atomic mass is 79.9. The summed E-state index contributed by atoms with van der Waals surface area (Å²) in [6.07, 6.45) is -4.69. The first-order valence-corrected chi connectivity index (χ1v) is 6.11. The van der Waals surface area contributed by atoms with Gasteiger partial charge in [-0.25, -0.2) is 0 Å². The van der Waals surface area contributed by atoms with E-state index < -0.39 is 6.36 Å². The lowest BCUT2D eigenvalue weighted by Gasteiger charge is -2.24. The third-order valence-electron chi connectivity index (χ3n) is 2.45. The summed E-state index contributed by atoms with van der Waals surface area (Å²) in [4.78, 5) is 0. The van der Waals surface area contributed by atoms with Gasteiger partial charge in [-0.05, 0) is 23.8 Å². The van der Waals surface area contributed by atoms with Crippen molar-refractivity contribution in [3.8, 4) is 5.75 Å². The van der Waals surface area contributed by atoms with Gasteiger partial charge in [-0.15, -0.1) is 13.2 Å². The first-order chi connectivity index (χ1) is 8.44. The molecule has 0 spiro atoms. The molecule has 1 saturated heterocycles. The third kappa shape index (κ3) is 3.86. The minimum Gasteiger partial charge on any atom is -0.406 e. The molecule has 2 rings (SSSR count). The van der Waals surface area contributed by atoms with Crippen molar-refractivity contribution in [3.05, 3.63) is 28.2 Å². The number of halogens is 4. The van der Waals surface area contributed by atoms with Gasteiger partial charge in [-0.2, -0.15) is 0 Å². The topological polar surface area (TPSA) is 30.5 Å². The van der Waals surface area contributed by atoms with Gasteiger partial charge < -0.3 is 14.8 Å². The zero-order chi connectivity index (χ0) is 13.2. The van der Waals surface area contributed by atoms with Crippen LogP contribution in [0, 0.1) is 0 Å². The van der Waals surface area contributed by atoms with E-state index in [0.29, 0.717) is 29.8 Å². The predicted octanol–water partition coefficient (Wildman–Crippen LogP) is 3.01. The van der Waals surface area contributed by atoms with Gasteiger partial charge in [0.2, 0.25) is 0 Å². The Morgan fingerprint density at radius 2 is 2.11 bits per heavy atom. The molecule has 1 aliphatic heterocycles. The van der Waals surface area contributed by atoms with E-state index >= 15 is 0 Å². The first-order valence-electron chi connectivity index (χ1n) is 5.31. The molecule has 1 aromatic carbocycles. The number of hydrogen-bond donors (Lipinski definition) is 1. The van der Waals surface area contributed by atoms with Crippen LogP contribution >= 0.6 is 15.9 Å². The maximum absolute atomic E-state index is 12.2. The molecule has 0 aliphatic carbocycles. The van der Waals surface area contributed by atoms with Gasteiger partial charge in [0, 0.05) is 11.0 Å². The second-order valence-electron chi connectivity index (χ2n) is 3.85. The fraction of sp³-hybridized carbons (Fsp3) is 0.455. The fourth-order valence-electron chi connectivity index (χ4n) is 1.76. The van der Waals surface area contributed by atoms with Gasteiger partial charge in [0.1, 0.15) is 5.75 Å². The van der Waals surface area contributed by atoms with Crippen LogP contribution in [0.4, 0.5) is 13.2 Å². The molecular weight excluding hydrogens is 315 g/mol. The molecule has 3 nitrogen and oxygen atoms in total. The van der Waals surface area contributed by atoms with Crippen LogP contribution in [-0.4, -0.2) is 26.1 Å². The Hall–Kier alpha value is -0.790.